The number of carbonyl (C=O) groups is 5. The first-order chi connectivity index (χ1) is 21.4. The Labute approximate surface area is 254 Å². The average molecular weight is 626 g/mol. The van der Waals surface area contributed by atoms with Crippen molar-refractivity contribution in [3.05, 3.63) is 35.7 Å². The number of nitrogen functional groups attached to an aromatic ring is 2. The van der Waals surface area contributed by atoms with Crippen molar-refractivity contribution in [2.75, 3.05) is 29.5 Å². The Morgan fingerprint density at radius 3 is 2.40 bits per heavy atom. The van der Waals surface area contributed by atoms with Crippen molar-refractivity contribution in [2.24, 2.45) is 0 Å². The van der Waals surface area contributed by atoms with Crippen LogP contribution in [0.25, 0.3) is 11.2 Å². The lowest BCUT2D eigenvalue weighted by molar-refractivity contribution is -0.143. The summed E-state index contributed by atoms with van der Waals surface area (Å²) in [6.07, 6.45) is 0.464. The van der Waals surface area contributed by atoms with E-state index in [1.165, 1.54) is 12.1 Å². The summed E-state index contributed by atoms with van der Waals surface area (Å²) >= 11 is 0. The minimum atomic E-state index is -1.39. The summed E-state index contributed by atoms with van der Waals surface area (Å²) in [5.41, 5.74) is 13.5. The van der Waals surface area contributed by atoms with Gasteiger partial charge in [-0.2, -0.15) is 9.97 Å². The maximum absolute atomic E-state index is 13.0. The molecule has 3 heterocycles. The smallest absolute Gasteiger partial charge is 0.326 e. The van der Waals surface area contributed by atoms with Gasteiger partial charge in [0.15, 0.2) is 17.0 Å². The largest absolute Gasteiger partial charge is 0.490 e. The molecule has 45 heavy (non-hydrogen) atoms. The van der Waals surface area contributed by atoms with E-state index in [2.05, 4.69) is 30.6 Å². The Morgan fingerprint density at radius 1 is 0.956 bits per heavy atom. The molecule has 0 bridgehead atoms. The molecule has 1 aromatic carbocycles. The molecule has 18 heteroatoms. The van der Waals surface area contributed by atoms with Gasteiger partial charge in [0.1, 0.15) is 24.4 Å². The zero-order chi connectivity index (χ0) is 32.7. The highest BCUT2D eigenvalue weighted by Gasteiger charge is 2.25. The predicted molar refractivity (Wildman–Crippen MR) is 156 cm³/mol. The van der Waals surface area contributed by atoms with Gasteiger partial charge in [-0.05, 0) is 37.5 Å². The Balaban J connectivity index is 1.36. The highest BCUT2D eigenvalue weighted by atomic mass is 16.5. The Morgan fingerprint density at radius 2 is 1.69 bits per heavy atom. The second-order valence-corrected chi connectivity index (χ2v) is 10.1. The van der Waals surface area contributed by atoms with Gasteiger partial charge in [0, 0.05) is 18.4 Å². The van der Waals surface area contributed by atoms with Gasteiger partial charge in [-0.1, -0.05) is 0 Å². The van der Waals surface area contributed by atoms with Gasteiger partial charge in [0.05, 0.1) is 30.7 Å². The van der Waals surface area contributed by atoms with Crippen molar-refractivity contribution in [3.8, 4) is 5.75 Å². The van der Waals surface area contributed by atoms with Crippen molar-refractivity contribution in [1.82, 2.24) is 30.6 Å². The van der Waals surface area contributed by atoms with E-state index in [4.69, 9.17) is 21.3 Å². The number of carboxylic acids is 3. The molecule has 0 aliphatic carbocycles. The lowest BCUT2D eigenvalue weighted by Gasteiger charge is -2.31. The van der Waals surface area contributed by atoms with Gasteiger partial charge in [-0.15, -0.1) is 0 Å². The number of ether oxygens (including phenoxy) is 1. The van der Waals surface area contributed by atoms with E-state index in [9.17, 15) is 34.2 Å². The van der Waals surface area contributed by atoms with Crippen LogP contribution in [0.5, 0.6) is 5.75 Å². The van der Waals surface area contributed by atoms with Crippen LogP contribution in [0.3, 0.4) is 0 Å². The lowest BCUT2D eigenvalue weighted by atomic mass is 10.1. The van der Waals surface area contributed by atoms with Gasteiger partial charge in [-0.3, -0.25) is 14.4 Å². The molecule has 0 spiro atoms. The zero-order valence-electron chi connectivity index (χ0n) is 23.8. The molecular formula is C27H31N9O9. The highest BCUT2D eigenvalue weighted by molar-refractivity contribution is 5.97. The van der Waals surface area contributed by atoms with Crippen LogP contribution in [0.15, 0.2) is 24.4 Å². The summed E-state index contributed by atoms with van der Waals surface area (Å²) in [7, 11) is 0. The molecule has 2 aromatic heterocycles. The normalized spacial score (nSPS) is 13.6. The minimum absolute atomic E-state index is 0.0107. The van der Waals surface area contributed by atoms with Crippen LogP contribution in [0.2, 0.25) is 0 Å². The number of rotatable bonds is 14. The predicted octanol–water partition coefficient (Wildman–Crippen LogP) is -0.229. The molecule has 2 amide bonds. The topological polar surface area (TPSA) is 286 Å². The molecule has 1 aliphatic rings. The van der Waals surface area contributed by atoms with Crippen molar-refractivity contribution in [2.45, 2.75) is 50.7 Å². The number of hydrogen-bond acceptors (Lipinski definition) is 13. The zero-order valence-corrected chi connectivity index (χ0v) is 23.8. The summed E-state index contributed by atoms with van der Waals surface area (Å²) in [5.74, 6) is -4.78. The quantitative estimate of drug-likeness (QED) is 0.122. The summed E-state index contributed by atoms with van der Waals surface area (Å²) in [6, 6.07) is 1.96. The molecule has 0 radical (unpaired) electrons. The third-order valence-corrected chi connectivity index (χ3v) is 6.82. The minimum Gasteiger partial charge on any atom is -0.490 e. The highest BCUT2D eigenvalue weighted by Crippen LogP contribution is 2.33. The molecule has 0 saturated carbocycles. The number of amides is 2. The Hall–Kier alpha value is -5.81. The van der Waals surface area contributed by atoms with Crippen LogP contribution in [0, 0.1) is 0 Å². The van der Waals surface area contributed by atoms with Crippen molar-refractivity contribution >= 4 is 58.3 Å². The van der Waals surface area contributed by atoms with Crippen LogP contribution < -0.4 is 31.7 Å². The monoisotopic (exact) mass is 625 g/mol. The number of nitrogens with zero attached hydrogens (tertiary/aromatic N) is 5. The Kier molecular flexibility index (Phi) is 10.1. The fourth-order valence-electron chi connectivity index (χ4n) is 4.59. The van der Waals surface area contributed by atoms with Crippen molar-refractivity contribution in [3.63, 3.8) is 0 Å². The maximum atomic E-state index is 13.0. The van der Waals surface area contributed by atoms with Gasteiger partial charge < -0.3 is 47.1 Å². The second-order valence-electron chi connectivity index (χ2n) is 10.1. The van der Waals surface area contributed by atoms with E-state index in [-0.39, 0.29) is 48.7 Å². The van der Waals surface area contributed by atoms with E-state index in [0.717, 1.165) is 0 Å². The first-order valence-corrected chi connectivity index (χ1v) is 13.7. The molecule has 3 aromatic rings. The third kappa shape index (κ3) is 8.39. The van der Waals surface area contributed by atoms with Gasteiger partial charge in [0.2, 0.25) is 11.9 Å². The molecule has 0 fully saturated rings. The third-order valence-electron chi connectivity index (χ3n) is 6.82. The summed E-state index contributed by atoms with van der Waals surface area (Å²) < 4.78 is 5.76. The molecule has 1 aliphatic heterocycles. The number of carboxylic acid groups (broad SMARTS) is 3. The van der Waals surface area contributed by atoms with E-state index in [0.29, 0.717) is 42.3 Å². The lowest BCUT2D eigenvalue weighted by Crippen LogP contribution is -2.42. The number of aliphatic carboxylic acids is 3. The van der Waals surface area contributed by atoms with Gasteiger partial charge >= 0.3 is 17.9 Å². The average Bonchev–Trinajstić information content (AvgIpc) is 2.98. The first-order valence-electron chi connectivity index (χ1n) is 13.7. The SMILES string of the molecule is Nc1nc(N)c2nc(CN3CCOc4cc(C(=O)NC(CCCC(=O)NC(CCC(=O)O)C(=O)O)C(=O)O)ccc43)cnc2n1. The van der Waals surface area contributed by atoms with Crippen LogP contribution in [-0.2, 0) is 25.7 Å². The number of nitrogens with two attached hydrogens (primary N) is 2. The van der Waals surface area contributed by atoms with Gasteiger partial charge in [-0.25, -0.2) is 19.6 Å². The molecule has 9 N–H and O–H groups in total. The van der Waals surface area contributed by atoms with E-state index in [1.54, 1.807) is 12.3 Å². The van der Waals surface area contributed by atoms with E-state index >= 15 is 0 Å². The number of fused-ring (bicyclic) bond motifs is 2. The van der Waals surface area contributed by atoms with Crippen LogP contribution >= 0.6 is 0 Å². The molecule has 238 valence electrons. The van der Waals surface area contributed by atoms with Crippen LogP contribution in [0.4, 0.5) is 17.5 Å². The second kappa shape index (κ2) is 14.1. The molecular weight excluding hydrogens is 594 g/mol. The standard InChI is InChI=1S/C27H31N9O9/c28-22-21-23(35-27(29)34-22)30-11-14(31-21)12-36-8-9-45-18-10-13(4-6-17(18)36)24(40)33-15(25(41)42)2-1-3-19(37)32-16(26(43)44)5-7-20(38)39/h4,6,10-11,15-16H,1-3,5,7-9,12H2,(H,32,37)(H,33,40)(H,38,39)(H,41,42)(H,43,44)(H4,28,29,30,34,35). The number of nitrogens with one attached hydrogen (secondary N) is 2. The molecule has 0 saturated heterocycles. The molecule has 4 rings (SSSR count). The Bertz CT molecular complexity index is 1630. The number of aromatic nitrogens is 4. The summed E-state index contributed by atoms with van der Waals surface area (Å²) in [6.45, 7) is 1.14. The number of hydrogen-bond donors (Lipinski definition) is 7. The fourth-order valence-corrected chi connectivity index (χ4v) is 4.59. The fraction of sp³-hybridized carbons (Fsp3) is 0.370. The van der Waals surface area contributed by atoms with Gasteiger partial charge in [0.25, 0.3) is 5.91 Å². The number of benzene rings is 1. The summed E-state index contributed by atoms with van der Waals surface area (Å²) in [5, 5.41) is 32.2. The summed E-state index contributed by atoms with van der Waals surface area (Å²) in [4.78, 5) is 77.6. The van der Waals surface area contributed by atoms with E-state index < -0.39 is 48.2 Å². The van der Waals surface area contributed by atoms with Crippen LogP contribution in [0.1, 0.15) is 48.2 Å². The first kappa shape index (κ1) is 32.1. The molecule has 18 nitrogen and oxygen atoms in total. The molecule has 2 atom stereocenters. The van der Waals surface area contributed by atoms with Crippen LogP contribution in [-0.4, -0.2) is 90.2 Å². The maximum Gasteiger partial charge on any atom is 0.326 e. The van der Waals surface area contributed by atoms with Crippen molar-refractivity contribution in [1.29, 1.82) is 0 Å². The molecule has 2 unspecified atom stereocenters. The van der Waals surface area contributed by atoms with Crippen molar-refractivity contribution < 1.29 is 44.0 Å². The van der Waals surface area contributed by atoms with E-state index in [1.807, 2.05) is 4.90 Å². The number of anilines is 3. The number of carbonyl (C=O) groups excluding carboxylic acids is 2.